The van der Waals surface area contributed by atoms with Gasteiger partial charge in [0.25, 0.3) is 0 Å². The van der Waals surface area contributed by atoms with Gasteiger partial charge in [-0.2, -0.15) is 0 Å². The quantitative estimate of drug-likeness (QED) is 0.746. The molecule has 1 fully saturated rings. The van der Waals surface area contributed by atoms with Crippen LogP contribution in [0.1, 0.15) is 32.1 Å². The van der Waals surface area contributed by atoms with Gasteiger partial charge in [0, 0.05) is 31.8 Å². The molecule has 1 aromatic carbocycles. The van der Waals surface area contributed by atoms with E-state index in [1.54, 1.807) is 18.3 Å². The Morgan fingerprint density at radius 3 is 2.63 bits per heavy atom. The smallest absolute Gasteiger partial charge is 0.303 e. The van der Waals surface area contributed by atoms with Crippen molar-refractivity contribution in [3.8, 4) is 17.0 Å². The molecule has 0 aliphatic heterocycles. The van der Waals surface area contributed by atoms with Crippen LogP contribution in [0.5, 0.6) is 5.88 Å². The Morgan fingerprint density at radius 2 is 2.04 bits per heavy atom. The molecule has 0 spiro atoms. The number of hydrogen-bond acceptors (Lipinski definition) is 4. The van der Waals surface area contributed by atoms with E-state index < -0.39 is 17.6 Å². The number of carbonyl (C=O) groups is 1. The summed E-state index contributed by atoms with van der Waals surface area (Å²) in [6, 6.07) is 5.95. The fourth-order valence-corrected chi connectivity index (χ4v) is 3.02. The molecule has 0 radical (unpaired) electrons. The van der Waals surface area contributed by atoms with E-state index in [9.17, 15) is 13.6 Å². The van der Waals surface area contributed by atoms with Crippen LogP contribution in [0.15, 0.2) is 30.5 Å². The summed E-state index contributed by atoms with van der Waals surface area (Å²) < 4.78 is 35.1. The van der Waals surface area contributed by atoms with Crippen LogP contribution in [0.4, 0.5) is 14.5 Å². The summed E-state index contributed by atoms with van der Waals surface area (Å²) in [5.41, 5.74) is 0.729. The van der Waals surface area contributed by atoms with Gasteiger partial charge in [0.2, 0.25) is 5.88 Å². The summed E-state index contributed by atoms with van der Waals surface area (Å²) in [5, 5.41) is 8.69. The molecule has 0 amide bonds. The van der Waals surface area contributed by atoms with E-state index in [4.69, 9.17) is 9.84 Å². The summed E-state index contributed by atoms with van der Waals surface area (Å²) >= 11 is 0. The molecule has 1 saturated carbocycles. The zero-order valence-corrected chi connectivity index (χ0v) is 15.1. The number of ether oxygens (including phenoxy) is 1. The first kappa shape index (κ1) is 19.1. The minimum absolute atomic E-state index is 0.0524. The van der Waals surface area contributed by atoms with Gasteiger partial charge in [-0.15, -0.1) is 0 Å². The van der Waals surface area contributed by atoms with Gasteiger partial charge in [-0.3, -0.25) is 4.79 Å². The second-order valence-corrected chi connectivity index (χ2v) is 6.73. The average Bonchev–Trinajstić information content (AvgIpc) is 2.57. The molecule has 0 bridgehead atoms. The van der Waals surface area contributed by atoms with Crippen LogP contribution in [-0.4, -0.2) is 35.8 Å². The minimum Gasteiger partial charge on any atom is -0.481 e. The third kappa shape index (κ3) is 4.53. The van der Waals surface area contributed by atoms with Gasteiger partial charge in [-0.1, -0.05) is 0 Å². The number of nitrogens with zero attached hydrogens (tertiary/aromatic N) is 2. The molecule has 27 heavy (non-hydrogen) atoms. The second-order valence-electron chi connectivity index (χ2n) is 6.73. The summed E-state index contributed by atoms with van der Waals surface area (Å²) in [7, 11) is 1.54. The summed E-state index contributed by atoms with van der Waals surface area (Å²) in [6.45, 7) is 0.239. The van der Waals surface area contributed by atoms with Crippen molar-refractivity contribution >= 4 is 11.7 Å². The molecular formula is C20H22F2N2O3. The van der Waals surface area contributed by atoms with E-state index in [2.05, 4.69) is 4.98 Å². The van der Waals surface area contributed by atoms with Gasteiger partial charge in [-0.25, -0.2) is 13.8 Å². The molecule has 1 N–H and O–H groups in total. The van der Waals surface area contributed by atoms with E-state index in [1.807, 2.05) is 0 Å². The van der Waals surface area contributed by atoms with Crippen molar-refractivity contribution in [1.29, 1.82) is 0 Å². The van der Waals surface area contributed by atoms with E-state index in [-0.39, 0.29) is 24.8 Å². The number of carboxylic acids is 1. The minimum atomic E-state index is -0.935. The van der Waals surface area contributed by atoms with Crippen LogP contribution in [0.2, 0.25) is 0 Å². The number of anilines is 1. The lowest BCUT2D eigenvalue weighted by molar-refractivity contribution is -0.137. The molecule has 1 heterocycles. The zero-order chi connectivity index (χ0) is 19.4. The van der Waals surface area contributed by atoms with E-state index in [0.29, 0.717) is 23.4 Å². The Labute approximate surface area is 156 Å². The van der Waals surface area contributed by atoms with Gasteiger partial charge in [0.1, 0.15) is 23.4 Å². The first-order valence-corrected chi connectivity index (χ1v) is 8.99. The topological polar surface area (TPSA) is 62.7 Å². The highest BCUT2D eigenvalue weighted by Gasteiger charge is 2.22. The lowest BCUT2D eigenvalue weighted by Gasteiger charge is -2.27. The van der Waals surface area contributed by atoms with Crippen molar-refractivity contribution in [3.63, 3.8) is 0 Å². The SMILES string of the molecule is CN(CCCC(=O)O)c1c(F)cc(-c2cccnc2OC2CCC2)cc1F. The molecule has 3 rings (SSSR count). The molecule has 144 valence electrons. The predicted octanol–water partition coefficient (Wildman–Crippen LogP) is 4.26. The maximum atomic E-state index is 14.6. The van der Waals surface area contributed by atoms with Crippen LogP contribution in [0, 0.1) is 11.6 Å². The maximum absolute atomic E-state index is 14.6. The molecule has 7 heteroatoms. The molecule has 0 unspecified atom stereocenters. The lowest BCUT2D eigenvalue weighted by atomic mass is 9.96. The molecule has 2 aromatic rings. The van der Waals surface area contributed by atoms with Crippen molar-refractivity contribution in [2.45, 2.75) is 38.2 Å². The van der Waals surface area contributed by atoms with Crippen LogP contribution < -0.4 is 9.64 Å². The van der Waals surface area contributed by atoms with Crippen LogP contribution in [0.25, 0.3) is 11.1 Å². The molecular weight excluding hydrogens is 354 g/mol. The third-order valence-electron chi connectivity index (χ3n) is 4.70. The molecule has 1 aromatic heterocycles. The highest BCUT2D eigenvalue weighted by molar-refractivity contribution is 5.71. The van der Waals surface area contributed by atoms with Crippen molar-refractivity contribution in [3.05, 3.63) is 42.1 Å². The molecule has 1 aliphatic carbocycles. The van der Waals surface area contributed by atoms with E-state index >= 15 is 0 Å². The Bertz CT molecular complexity index is 802. The van der Waals surface area contributed by atoms with Gasteiger partial charge < -0.3 is 14.7 Å². The Balaban J connectivity index is 1.83. The summed E-state index contributed by atoms with van der Waals surface area (Å²) in [6.07, 6.45) is 4.97. The van der Waals surface area contributed by atoms with Gasteiger partial charge in [-0.05, 0) is 55.5 Å². The van der Waals surface area contributed by atoms with Crippen LogP contribution >= 0.6 is 0 Å². The highest BCUT2D eigenvalue weighted by atomic mass is 19.1. The van der Waals surface area contributed by atoms with Crippen LogP contribution in [0.3, 0.4) is 0 Å². The van der Waals surface area contributed by atoms with E-state index in [1.165, 1.54) is 24.1 Å². The Morgan fingerprint density at radius 1 is 1.33 bits per heavy atom. The molecule has 0 saturated heterocycles. The largest absolute Gasteiger partial charge is 0.481 e. The summed E-state index contributed by atoms with van der Waals surface area (Å²) in [5.74, 6) is -1.97. The highest BCUT2D eigenvalue weighted by Crippen LogP contribution is 2.35. The van der Waals surface area contributed by atoms with Crippen molar-refractivity contribution in [2.75, 3.05) is 18.5 Å². The number of benzene rings is 1. The number of rotatable bonds is 8. The zero-order valence-electron chi connectivity index (χ0n) is 15.1. The first-order valence-electron chi connectivity index (χ1n) is 8.99. The number of halogens is 2. The number of aliphatic carboxylic acids is 1. The normalized spacial score (nSPS) is 13.9. The maximum Gasteiger partial charge on any atom is 0.303 e. The fourth-order valence-electron chi connectivity index (χ4n) is 3.02. The number of hydrogen-bond donors (Lipinski definition) is 1. The van der Waals surface area contributed by atoms with Gasteiger partial charge in [0.15, 0.2) is 0 Å². The standard InChI is InChI=1S/C20H22F2N2O3/c1-24(10-4-8-18(25)26)19-16(21)11-13(12-17(19)22)15-7-3-9-23-20(15)27-14-5-2-6-14/h3,7,9,11-12,14H,2,4-6,8,10H2,1H3,(H,25,26). The number of carboxylic acid groups (broad SMARTS) is 1. The fraction of sp³-hybridized carbons (Fsp3) is 0.400. The van der Waals surface area contributed by atoms with Crippen molar-refractivity contribution < 1.29 is 23.4 Å². The van der Waals surface area contributed by atoms with E-state index in [0.717, 1.165) is 19.3 Å². The summed E-state index contributed by atoms with van der Waals surface area (Å²) in [4.78, 5) is 16.2. The number of aromatic nitrogens is 1. The molecule has 5 nitrogen and oxygen atoms in total. The van der Waals surface area contributed by atoms with Crippen molar-refractivity contribution in [1.82, 2.24) is 4.98 Å². The molecule has 1 aliphatic rings. The van der Waals surface area contributed by atoms with Gasteiger partial charge in [0.05, 0.1) is 0 Å². The molecule has 0 atom stereocenters. The third-order valence-corrected chi connectivity index (χ3v) is 4.70. The monoisotopic (exact) mass is 376 g/mol. The van der Waals surface area contributed by atoms with Crippen LogP contribution in [-0.2, 0) is 4.79 Å². The Hall–Kier alpha value is -2.70. The second kappa shape index (κ2) is 8.33. The average molecular weight is 376 g/mol. The Kier molecular flexibility index (Phi) is 5.88. The lowest BCUT2D eigenvalue weighted by Crippen LogP contribution is -2.25. The first-order chi connectivity index (χ1) is 13.0. The predicted molar refractivity (Wildman–Crippen MR) is 98.0 cm³/mol. The van der Waals surface area contributed by atoms with Gasteiger partial charge >= 0.3 is 5.97 Å². The van der Waals surface area contributed by atoms with Crippen molar-refractivity contribution in [2.24, 2.45) is 0 Å². The number of pyridine rings is 1.